The lowest BCUT2D eigenvalue weighted by Gasteiger charge is -2.22. The molecule has 0 aromatic heterocycles. The van der Waals surface area contributed by atoms with Crippen LogP contribution in [0, 0.1) is 0 Å². The SMILES string of the molecule is CN(C)S(=O)(=O)NCCc1ccc(C2CCCCC2)cc1. The van der Waals surface area contributed by atoms with E-state index in [0.717, 1.165) is 12.3 Å². The van der Waals surface area contributed by atoms with Crippen molar-refractivity contribution in [3.63, 3.8) is 0 Å². The van der Waals surface area contributed by atoms with Crippen molar-refractivity contribution in [3.8, 4) is 0 Å². The number of benzene rings is 1. The summed E-state index contributed by atoms with van der Waals surface area (Å²) in [5, 5.41) is 0. The summed E-state index contributed by atoms with van der Waals surface area (Å²) in [6.45, 7) is 0.434. The zero-order valence-electron chi connectivity index (χ0n) is 13.0. The summed E-state index contributed by atoms with van der Waals surface area (Å²) in [5.74, 6) is 0.722. The lowest BCUT2D eigenvalue weighted by molar-refractivity contribution is 0.443. The second kappa shape index (κ2) is 7.38. The molecule has 1 aliphatic carbocycles. The van der Waals surface area contributed by atoms with Gasteiger partial charge in [0.05, 0.1) is 0 Å². The minimum atomic E-state index is -3.31. The van der Waals surface area contributed by atoms with Crippen molar-refractivity contribution in [1.29, 1.82) is 0 Å². The van der Waals surface area contributed by atoms with Crippen LogP contribution in [-0.2, 0) is 16.6 Å². The molecule has 0 aliphatic heterocycles. The molecule has 21 heavy (non-hydrogen) atoms. The smallest absolute Gasteiger partial charge is 0.202 e. The molecule has 0 unspecified atom stereocenters. The molecule has 0 saturated heterocycles. The van der Waals surface area contributed by atoms with Gasteiger partial charge in [0.25, 0.3) is 10.2 Å². The quantitative estimate of drug-likeness (QED) is 0.878. The zero-order valence-corrected chi connectivity index (χ0v) is 13.8. The fourth-order valence-corrected chi connectivity index (χ4v) is 3.46. The van der Waals surface area contributed by atoms with Crippen LogP contribution in [-0.4, -0.2) is 33.4 Å². The van der Waals surface area contributed by atoms with Crippen LogP contribution in [0.15, 0.2) is 24.3 Å². The van der Waals surface area contributed by atoms with Gasteiger partial charge in [-0.15, -0.1) is 0 Å². The molecule has 4 nitrogen and oxygen atoms in total. The molecule has 0 radical (unpaired) electrons. The molecule has 2 rings (SSSR count). The normalized spacial score (nSPS) is 17.3. The van der Waals surface area contributed by atoms with E-state index < -0.39 is 10.2 Å². The minimum absolute atomic E-state index is 0.434. The van der Waals surface area contributed by atoms with E-state index in [-0.39, 0.29) is 0 Å². The monoisotopic (exact) mass is 310 g/mol. The van der Waals surface area contributed by atoms with Gasteiger partial charge in [-0.2, -0.15) is 12.7 Å². The van der Waals surface area contributed by atoms with E-state index in [1.165, 1.54) is 61.6 Å². The first kappa shape index (κ1) is 16.5. The van der Waals surface area contributed by atoms with Crippen molar-refractivity contribution in [2.45, 2.75) is 44.4 Å². The highest BCUT2D eigenvalue weighted by Gasteiger charge is 2.15. The van der Waals surface area contributed by atoms with E-state index in [4.69, 9.17) is 0 Å². The molecule has 5 heteroatoms. The average Bonchev–Trinajstić information content (AvgIpc) is 2.48. The lowest BCUT2D eigenvalue weighted by Crippen LogP contribution is -2.36. The second-order valence-corrected chi connectivity index (χ2v) is 7.98. The second-order valence-electron chi connectivity index (χ2n) is 6.01. The number of hydrogen-bond acceptors (Lipinski definition) is 2. The van der Waals surface area contributed by atoms with E-state index in [1.54, 1.807) is 0 Å². The van der Waals surface area contributed by atoms with Crippen LogP contribution < -0.4 is 4.72 Å². The highest BCUT2D eigenvalue weighted by molar-refractivity contribution is 7.87. The number of hydrogen-bond donors (Lipinski definition) is 1. The first-order valence-electron chi connectivity index (χ1n) is 7.75. The molecular formula is C16H26N2O2S. The number of rotatable bonds is 6. The molecule has 0 bridgehead atoms. The van der Waals surface area contributed by atoms with Crippen molar-refractivity contribution in [2.24, 2.45) is 0 Å². The Bertz CT molecular complexity index is 532. The molecule has 0 spiro atoms. The van der Waals surface area contributed by atoms with Crippen molar-refractivity contribution in [1.82, 2.24) is 9.03 Å². The molecule has 0 heterocycles. The predicted molar refractivity (Wildman–Crippen MR) is 86.6 cm³/mol. The van der Waals surface area contributed by atoms with Gasteiger partial charge >= 0.3 is 0 Å². The van der Waals surface area contributed by atoms with E-state index in [9.17, 15) is 8.42 Å². The minimum Gasteiger partial charge on any atom is -0.202 e. The van der Waals surface area contributed by atoms with Gasteiger partial charge in [-0.05, 0) is 36.3 Å². The Labute approximate surface area is 128 Å². The largest absolute Gasteiger partial charge is 0.278 e. The fourth-order valence-electron chi connectivity index (χ4n) is 2.85. The van der Waals surface area contributed by atoms with Crippen LogP contribution in [0.3, 0.4) is 0 Å². The summed E-state index contributed by atoms with van der Waals surface area (Å²) in [6.07, 6.45) is 7.40. The van der Waals surface area contributed by atoms with Gasteiger partial charge < -0.3 is 0 Å². The zero-order chi connectivity index (χ0) is 15.3. The Balaban J connectivity index is 1.85. The average molecular weight is 310 g/mol. The van der Waals surface area contributed by atoms with Crippen molar-refractivity contribution >= 4 is 10.2 Å². The van der Waals surface area contributed by atoms with Crippen LogP contribution in [0.25, 0.3) is 0 Å². The first-order valence-corrected chi connectivity index (χ1v) is 9.19. The molecule has 0 atom stereocenters. The fraction of sp³-hybridized carbons (Fsp3) is 0.625. The maximum absolute atomic E-state index is 11.6. The predicted octanol–water partition coefficient (Wildman–Crippen LogP) is 2.67. The van der Waals surface area contributed by atoms with Gasteiger partial charge in [0.15, 0.2) is 0 Å². The summed E-state index contributed by atoms with van der Waals surface area (Å²) in [4.78, 5) is 0. The highest BCUT2D eigenvalue weighted by Crippen LogP contribution is 2.32. The van der Waals surface area contributed by atoms with Gasteiger partial charge in [-0.3, -0.25) is 0 Å². The van der Waals surface area contributed by atoms with E-state index in [1.807, 2.05) is 0 Å². The number of nitrogens with zero attached hydrogens (tertiary/aromatic N) is 1. The maximum atomic E-state index is 11.6. The molecule has 1 aliphatic rings. The third kappa shape index (κ3) is 4.80. The molecule has 1 fully saturated rings. The molecule has 1 saturated carbocycles. The summed E-state index contributed by atoms with van der Waals surface area (Å²) in [7, 11) is -0.252. The van der Waals surface area contributed by atoms with E-state index >= 15 is 0 Å². The summed E-state index contributed by atoms with van der Waals surface area (Å²) >= 11 is 0. The van der Waals surface area contributed by atoms with Gasteiger partial charge in [-0.1, -0.05) is 43.5 Å². The van der Waals surface area contributed by atoms with Gasteiger partial charge in [0, 0.05) is 20.6 Å². The third-order valence-corrected chi connectivity index (χ3v) is 5.77. The Morgan fingerprint density at radius 1 is 1.10 bits per heavy atom. The Morgan fingerprint density at radius 3 is 2.29 bits per heavy atom. The molecule has 1 N–H and O–H groups in total. The highest BCUT2D eigenvalue weighted by atomic mass is 32.2. The maximum Gasteiger partial charge on any atom is 0.278 e. The van der Waals surface area contributed by atoms with Crippen molar-refractivity contribution < 1.29 is 8.42 Å². The Kier molecular flexibility index (Phi) is 5.79. The van der Waals surface area contributed by atoms with Crippen molar-refractivity contribution in [2.75, 3.05) is 20.6 Å². The van der Waals surface area contributed by atoms with Crippen LogP contribution >= 0.6 is 0 Å². The number of nitrogens with one attached hydrogen (secondary N) is 1. The third-order valence-electron chi connectivity index (χ3n) is 4.24. The Morgan fingerprint density at radius 2 is 1.71 bits per heavy atom. The van der Waals surface area contributed by atoms with Gasteiger partial charge in [0.2, 0.25) is 0 Å². The Hall–Kier alpha value is -0.910. The molecule has 1 aromatic carbocycles. The van der Waals surface area contributed by atoms with Crippen molar-refractivity contribution in [3.05, 3.63) is 35.4 Å². The topological polar surface area (TPSA) is 49.4 Å². The summed E-state index contributed by atoms with van der Waals surface area (Å²) in [6, 6.07) is 8.69. The van der Waals surface area contributed by atoms with Gasteiger partial charge in [-0.25, -0.2) is 4.72 Å². The van der Waals surface area contributed by atoms with Crippen LogP contribution in [0.1, 0.15) is 49.1 Å². The van der Waals surface area contributed by atoms with E-state index in [2.05, 4.69) is 29.0 Å². The molecule has 0 amide bonds. The lowest BCUT2D eigenvalue weighted by atomic mass is 9.84. The standard InChI is InChI=1S/C16H26N2O2S/c1-18(2)21(19,20)17-13-12-14-8-10-16(11-9-14)15-6-4-3-5-7-15/h8-11,15,17H,3-7,12-13H2,1-2H3. The van der Waals surface area contributed by atoms with Crippen LogP contribution in [0.2, 0.25) is 0 Å². The van der Waals surface area contributed by atoms with Crippen LogP contribution in [0.4, 0.5) is 0 Å². The van der Waals surface area contributed by atoms with Gasteiger partial charge in [0.1, 0.15) is 0 Å². The summed E-state index contributed by atoms with van der Waals surface area (Å²) < 4.78 is 27.0. The first-order chi connectivity index (χ1) is 9.99. The molecular weight excluding hydrogens is 284 g/mol. The summed E-state index contributed by atoms with van der Waals surface area (Å²) in [5.41, 5.74) is 2.61. The van der Waals surface area contributed by atoms with Crippen LogP contribution in [0.5, 0.6) is 0 Å². The van der Waals surface area contributed by atoms with E-state index in [0.29, 0.717) is 6.54 Å². The molecule has 118 valence electrons. The molecule has 1 aromatic rings.